The molecule has 0 amide bonds. The highest BCUT2D eigenvalue weighted by Crippen LogP contribution is 2.22. The van der Waals surface area contributed by atoms with Crippen molar-refractivity contribution >= 4 is 33.4 Å². The second kappa shape index (κ2) is 5.14. The van der Waals surface area contributed by atoms with Crippen molar-refractivity contribution in [3.05, 3.63) is 52.4 Å². The van der Waals surface area contributed by atoms with Gasteiger partial charge in [-0.05, 0) is 24.3 Å². The largest absolute Gasteiger partial charge is 0.478 e. The lowest BCUT2D eigenvalue weighted by molar-refractivity contribution is 0.0697. The van der Waals surface area contributed by atoms with Crippen molar-refractivity contribution in [2.75, 3.05) is 5.32 Å². The molecule has 0 radical (unpaired) electrons. The highest BCUT2D eigenvalue weighted by atomic mass is 79.9. The Morgan fingerprint density at radius 2 is 2.17 bits per heavy atom. The van der Waals surface area contributed by atoms with Crippen molar-refractivity contribution in [1.29, 1.82) is 0 Å². The van der Waals surface area contributed by atoms with Gasteiger partial charge in [0, 0.05) is 10.2 Å². The molecule has 1 aromatic carbocycles. The summed E-state index contributed by atoms with van der Waals surface area (Å²) in [5, 5.41) is 11.8. The van der Waals surface area contributed by atoms with Crippen molar-refractivity contribution in [1.82, 2.24) is 4.98 Å². The lowest BCUT2D eigenvalue weighted by Crippen LogP contribution is -2.05. The van der Waals surface area contributed by atoms with Crippen LogP contribution in [0.1, 0.15) is 10.4 Å². The van der Waals surface area contributed by atoms with Crippen LogP contribution in [0.4, 0.5) is 15.9 Å². The van der Waals surface area contributed by atoms with Gasteiger partial charge in [-0.3, -0.25) is 0 Å². The van der Waals surface area contributed by atoms with Gasteiger partial charge in [-0.2, -0.15) is 0 Å². The zero-order valence-corrected chi connectivity index (χ0v) is 10.6. The molecule has 0 saturated carbocycles. The van der Waals surface area contributed by atoms with E-state index in [1.807, 2.05) is 6.07 Å². The monoisotopic (exact) mass is 310 g/mol. The quantitative estimate of drug-likeness (QED) is 0.911. The summed E-state index contributed by atoms with van der Waals surface area (Å²) >= 11 is 3.30. The van der Waals surface area contributed by atoms with Gasteiger partial charge >= 0.3 is 5.97 Å². The molecule has 2 aromatic rings. The summed E-state index contributed by atoms with van der Waals surface area (Å²) in [6, 6.07) is 8.06. The SMILES string of the molecule is O=C(O)c1cc(F)cnc1Nc1cccc(Br)c1. The van der Waals surface area contributed by atoms with Crippen molar-refractivity contribution in [2.45, 2.75) is 0 Å². The summed E-state index contributed by atoms with van der Waals surface area (Å²) < 4.78 is 13.8. The number of benzene rings is 1. The second-order valence-corrected chi connectivity index (χ2v) is 4.41. The van der Waals surface area contributed by atoms with Crippen LogP contribution < -0.4 is 5.32 Å². The molecule has 4 nitrogen and oxygen atoms in total. The van der Waals surface area contributed by atoms with Gasteiger partial charge in [-0.25, -0.2) is 14.2 Å². The fourth-order valence-electron chi connectivity index (χ4n) is 1.40. The summed E-state index contributed by atoms with van der Waals surface area (Å²) in [5.41, 5.74) is 0.445. The van der Waals surface area contributed by atoms with Gasteiger partial charge in [0.25, 0.3) is 0 Å². The summed E-state index contributed by atoms with van der Waals surface area (Å²) in [4.78, 5) is 14.7. The van der Waals surface area contributed by atoms with E-state index in [9.17, 15) is 9.18 Å². The van der Waals surface area contributed by atoms with Gasteiger partial charge in [0.1, 0.15) is 17.2 Å². The molecule has 0 aliphatic carbocycles. The summed E-state index contributed by atoms with van der Waals surface area (Å²) in [6.45, 7) is 0. The Morgan fingerprint density at radius 3 is 2.83 bits per heavy atom. The maximum Gasteiger partial charge on any atom is 0.339 e. The molecule has 0 spiro atoms. The Hall–Kier alpha value is -1.95. The fraction of sp³-hybridized carbons (Fsp3) is 0. The average molecular weight is 311 g/mol. The van der Waals surface area contributed by atoms with Crippen molar-refractivity contribution in [3.8, 4) is 0 Å². The molecule has 92 valence electrons. The first-order valence-corrected chi connectivity index (χ1v) is 5.77. The number of halogens is 2. The molecule has 18 heavy (non-hydrogen) atoms. The number of hydrogen-bond donors (Lipinski definition) is 2. The second-order valence-electron chi connectivity index (χ2n) is 3.49. The third-order valence-corrected chi connectivity index (χ3v) is 2.67. The van der Waals surface area contributed by atoms with Crippen LogP contribution in [0.2, 0.25) is 0 Å². The van der Waals surface area contributed by atoms with Crippen LogP contribution in [-0.4, -0.2) is 16.1 Å². The van der Waals surface area contributed by atoms with Crippen molar-refractivity contribution in [2.24, 2.45) is 0 Å². The fourth-order valence-corrected chi connectivity index (χ4v) is 1.80. The molecule has 2 rings (SSSR count). The maximum absolute atomic E-state index is 12.9. The van der Waals surface area contributed by atoms with Crippen molar-refractivity contribution < 1.29 is 14.3 Å². The number of aromatic carboxylic acids is 1. The first-order valence-electron chi connectivity index (χ1n) is 4.97. The molecule has 0 bridgehead atoms. The van der Waals surface area contributed by atoms with E-state index < -0.39 is 11.8 Å². The number of carbonyl (C=O) groups is 1. The predicted octanol–water partition coefficient (Wildman–Crippen LogP) is 3.43. The van der Waals surface area contributed by atoms with Gasteiger partial charge in [0.05, 0.1) is 6.20 Å². The van der Waals surface area contributed by atoms with E-state index in [0.717, 1.165) is 16.7 Å². The van der Waals surface area contributed by atoms with E-state index in [4.69, 9.17) is 5.11 Å². The molecular formula is C12H8BrFN2O2. The van der Waals surface area contributed by atoms with Gasteiger partial charge in [-0.1, -0.05) is 22.0 Å². The third kappa shape index (κ3) is 2.84. The Labute approximate surface area is 111 Å². The number of carboxylic acid groups (broad SMARTS) is 1. The smallest absolute Gasteiger partial charge is 0.339 e. The molecule has 6 heteroatoms. The summed E-state index contributed by atoms with van der Waals surface area (Å²) in [6.07, 6.45) is 0.965. The molecule has 2 N–H and O–H groups in total. The third-order valence-electron chi connectivity index (χ3n) is 2.17. The van der Waals surface area contributed by atoms with E-state index in [2.05, 4.69) is 26.2 Å². The van der Waals surface area contributed by atoms with E-state index >= 15 is 0 Å². The van der Waals surface area contributed by atoms with Crippen LogP contribution in [0.15, 0.2) is 41.0 Å². The number of nitrogens with one attached hydrogen (secondary N) is 1. The minimum Gasteiger partial charge on any atom is -0.478 e. The number of aromatic nitrogens is 1. The van der Waals surface area contributed by atoms with Crippen LogP contribution in [-0.2, 0) is 0 Å². The highest BCUT2D eigenvalue weighted by molar-refractivity contribution is 9.10. The van der Waals surface area contributed by atoms with E-state index in [0.29, 0.717) is 5.69 Å². The number of nitrogens with zero attached hydrogens (tertiary/aromatic N) is 1. The zero-order valence-electron chi connectivity index (χ0n) is 9.02. The first-order chi connectivity index (χ1) is 8.56. The van der Waals surface area contributed by atoms with Crippen LogP contribution in [0.25, 0.3) is 0 Å². The number of pyridine rings is 1. The minimum absolute atomic E-state index is 0.0991. The summed E-state index contributed by atoms with van der Waals surface area (Å²) in [5.74, 6) is -1.83. The maximum atomic E-state index is 12.9. The minimum atomic E-state index is -1.24. The molecule has 1 heterocycles. The number of rotatable bonds is 3. The molecular weight excluding hydrogens is 303 g/mol. The van der Waals surface area contributed by atoms with Gasteiger partial charge < -0.3 is 10.4 Å². The van der Waals surface area contributed by atoms with Crippen LogP contribution in [0.3, 0.4) is 0 Å². The van der Waals surface area contributed by atoms with Gasteiger partial charge in [0.15, 0.2) is 0 Å². The lowest BCUT2D eigenvalue weighted by Gasteiger charge is -2.08. The van der Waals surface area contributed by atoms with Crippen LogP contribution >= 0.6 is 15.9 Å². The van der Waals surface area contributed by atoms with Gasteiger partial charge in [-0.15, -0.1) is 0 Å². The Balaban J connectivity index is 2.37. The topological polar surface area (TPSA) is 62.2 Å². The van der Waals surface area contributed by atoms with Crippen LogP contribution in [0, 0.1) is 5.82 Å². The zero-order chi connectivity index (χ0) is 13.1. The highest BCUT2D eigenvalue weighted by Gasteiger charge is 2.13. The first kappa shape index (κ1) is 12.5. The average Bonchev–Trinajstić information content (AvgIpc) is 2.31. The van der Waals surface area contributed by atoms with E-state index in [1.54, 1.807) is 18.2 Å². The molecule has 0 aliphatic rings. The normalized spacial score (nSPS) is 10.1. The van der Waals surface area contributed by atoms with E-state index in [-0.39, 0.29) is 11.4 Å². The number of carboxylic acids is 1. The molecule has 0 fully saturated rings. The standard InChI is InChI=1S/C12H8BrFN2O2/c13-7-2-1-3-9(4-7)16-11-10(12(17)18)5-8(14)6-15-11/h1-6H,(H,15,16)(H,17,18). The van der Waals surface area contributed by atoms with Gasteiger partial charge in [0.2, 0.25) is 0 Å². The summed E-state index contributed by atoms with van der Waals surface area (Å²) in [7, 11) is 0. The Kier molecular flexibility index (Phi) is 3.57. The molecule has 0 aliphatic heterocycles. The molecule has 1 aromatic heterocycles. The van der Waals surface area contributed by atoms with Crippen molar-refractivity contribution in [3.63, 3.8) is 0 Å². The van der Waals surface area contributed by atoms with E-state index in [1.165, 1.54) is 0 Å². The number of hydrogen-bond acceptors (Lipinski definition) is 3. The Morgan fingerprint density at radius 1 is 1.39 bits per heavy atom. The predicted molar refractivity (Wildman–Crippen MR) is 68.6 cm³/mol. The van der Waals surface area contributed by atoms with Crippen LogP contribution in [0.5, 0.6) is 0 Å². The Bertz CT molecular complexity index is 604. The lowest BCUT2D eigenvalue weighted by atomic mass is 10.2. The molecule has 0 saturated heterocycles. The molecule has 0 atom stereocenters. The molecule has 0 unspecified atom stereocenters. The number of anilines is 2.